The van der Waals surface area contributed by atoms with Gasteiger partial charge in [0.1, 0.15) is 11.6 Å². The van der Waals surface area contributed by atoms with Crippen molar-refractivity contribution >= 4 is 23.6 Å². The van der Waals surface area contributed by atoms with Crippen LogP contribution in [0, 0.1) is 12.7 Å². The van der Waals surface area contributed by atoms with Crippen molar-refractivity contribution in [2.75, 3.05) is 11.1 Å². The minimum Gasteiger partial charge on any atom is -0.292 e. The molecule has 18 heavy (non-hydrogen) atoms. The molecule has 0 aliphatic heterocycles. The molecule has 1 aromatic heterocycles. The Kier molecular flexibility index (Phi) is 3.93. The second kappa shape index (κ2) is 5.63. The van der Waals surface area contributed by atoms with Crippen molar-refractivity contribution < 1.29 is 9.18 Å². The molecule has 0 spiro atoms. The fourth-order valence-corrected chi connectivity index (χ4v) is 1.94. The number of carbonyl (C=O) groups is 1. The van der Waals surface area contributed by atoms with Gasteiger partial charge in [0, 0.05) is 4.90 Å². The third-order valence-electron chi connectivity index (χ3n) is 2.03. The van der Waals surface area contributed by atoms with Gasteiger partial charge in [0.05, 0.1) is 5.75 Å². The van der Waals surface area contributed by atoms with Gasteiger partial charge in [-0.05, 0) is 31.2 Å². The van der Waals surface area contributed by atoms with Crippen molar-refractivity contribution in [3.63, 3.8) is 0 Å². The lowest BCUT2D eigenvalue weighted by atomic mass is 10.4. The number of hydrogen-bond donors (Lipinski definition) is 2. The van der Waals surface area contributed by atoms with E-state index in [-0.39, 0.29) is 23.4 Å². The fourth-order valence-electron chi connectivity index (χ4n) is 1.24. The quantitative estimate of drug-likeness (QED) is 0.830. The van der Waals surface area contributed by atoms with Crippen molar-refractivity contribution in [3.05, 3.63) is 35.9 Å². The van der Waals surface area contributed by atoms with E-state index in [9.17, 15) is 9.18 Å². The molecule has 0 fully saturated rings. The molecule has 0 unspecified atom stereocenters. The Morgan fingerprint density at radius 1 is 1.44 bits per heavy atom. The molecule has 2 aromatic rings. The van der Waals surface area contributed by atoms with Crippen molar-refractivity contribution in [2.24, 2.45) is 0 Å². The molecular formula is C11H11FN4OS. The Hall–Kier alpha value is -1.89. The van der Waals surface area contributed by atoms with E-state index in [2.05, 4.69) is 20.5 Å². The summed E-state index contributed by atoms with van der Waals surface area (Å²) in [5, 5.41) is 8.98. The third kappa shape index (κ3) is 3.56. The average Bonchev–Trinajstić information content (AvgIpc) is 2.74. The van der Waals surface area contributed by atoms with Gasteiger partial charge in [-0.15, -0.1) is 16.9 Å². The fraction of sp³-hybridized carbons (Fsp3) is 0.182. The highest BCUT2D eigenvalue weighted by Crippen LogP contribution is 2.17. The van der Waals surface area contributed by atoms with Crippen LogP contribution < -0.4 is 5.32 Å². The predicted molar refractivity (Wildman–Crippen MR) is 66.9 cm³/mol. The predicted octanol–water partition coefficient (Wildman–Crippen LogP) is 1.98. The molecule has 1 amide bonds. The number of rotatable bonds is 4. The Morgan fingerprint density at radius 2 is 2.17 bits per heavy atom. The highest BCUT2D eigenvalue weighted by Gasteiger charge is 2.06. The number of aromatic nitrogens is 3. The first-order valence-electron chi connectivity index (χ1n) is 5.21. The lowest BCUT2D eigenvalue weighted by Crippen LogP contribution is -2.15. The van der Waals surface area contributed by atoms with Gasteiger partial charge in [0.25, 0.3) is 0 Å². The van der Waals surface area contributed by atoms with Gasteiger partial charge >= 0.3 is 0 Å². The zero-order chi connectivity index (χ0) is 13.0. The number of H-pyrrole nitrogens is 1. The van der Waals surface area contributed by atoms with Crippen LogP contribution in [-0.4, -0.2) is 26.8 Å². The maximum atomic E-state index is 12.7. The number of aromatic amines is 1. The maximum absolute atomic E-state index is 12.7. The van der Waals surface area contributed by atoms with E-state index in [1.807, 2.05) is 0 Å². The van der Waals surface area contributed by atoms with E-state index in [1.165, 1.54) is 23.9 Å². The molecule has 0 aliphatic rings. The molecule has 1 aromatic carbocycles. The summed E-state index contributed by atoms with van der Waals surface area (Å²) >= 11 is 1.32. The summed E-state index contributed by atoms with van der Waals surface area (Å²) < 4.78 is 12.7. The van der Waals surface area contributed by atoms with Crippen LogP contribution in [0.5, 0.6) is 0 Å². The number of aryl methyl sites for hydroxylation is 1. The van der Waals surface area contributed by atoms with Gasteiger partial charge in [-0.3, -0.25) is 15.2 Å². The van der Waals surface area contributed by atoms with Gasteiger partial charge in [-0.1, -0.05) is 0 Å². The minimum atomic E-state index is -0.292. The number of amides is 1. The number of nitrogens with one attached hydrogen (secondary N) is 2. The molecule has 7 heteroatoms. The molecule has 5 nitrogen and oxygen atoms in total. The van der Waals surface area contributed by atoms with E-state index >= 15 is 0 Å². The number of nitrogens with zero attached hydrogens (tertiary/aromatic N) is 2. The largest absolute Gasteiger partial charge is 0.292 e. The number of carbonyl (C=O) groups excluding carboxylic acids is 1. The first kappa shape index (κ1) is 12.6. The summed E-state index contributed by atoms with van der Waals surface area (Å²) in [6, 6.07) is 5.98. The molecular weight excluding hydrogens is 255 g/mol. The molecule has 0 saturated carbocycles. The molecule has 0 radical (unpaired) electrons. The molecule has 0 atom stereocenters. The first-order chi connectivity index (χ1) is 8.63. The van der Waals surface area contributed by atoms with Crippen molar-refractivity contribution in [1.29, 1.82) is 0 Å². The van der Waals surface area contributed by atoms with Crippen molar-refractivity contribution in [2.45, 2.75) is 11.8 Å². The number of hydrogen-bond acceptors (Lipinski definition) is 4. The Labute approximate surface area is 107 Å². The summed E-state index contributed by atoms with van der Waals surface area (Å²) in [5.41, 5.74) is 0. The van der Waals surface area contributed by atoms with Gasteiger partial charge in [0.15, 0.2) is 0 Å². The monoisotopic (exact) mass is 266 g/mol. The maximum Gasteiger partial charge on any atom is 0.248 e. The van der Waals surface area contributed by atoms with Crippen LogP contribution in [0.1, 0.15) is 5.82 Å². The van der Waals surface area contributed by atoms with Gasteiger partial charge in [0.2, 0.25) is 11.9 Å². The van der Waals surface area contributed by atoms with Crippen molar-refractivity contribution in [1.82, 2.24) is 15.2 Å². The van der Waals surface area contributed by atoms with E-state index in [4.69, 9.17) is 0 Å². The molecule has 0 bridgehead atoms. The molecule has 0 aliphatic carbocycles. The molecule has 2 rings (SSSR count). The van der Waals surface area contributed by atoms with Crippen LogP contribution in [0.25, 0.3) is 0 Å². The van der Waals surface area contributed by atoms with E-state index < -0.39 is 0 Å². The van der Waals surface area contributed by atoms with Gasteiger partial charge < -0.3 is 0 Å². The van der Waals surface area contributed by atoms with E-state index in [0.717, 1.165) is 4.90 Å². The van der Waals surface area contributed by atoms with E-state index in [0.29, 0.717) is 5.82 Å². The van der Waals surface area contributed by atoms with Gasteiger partial charge in [-0.2, -0.15) is 4.98 Å². The smallest absolute Gasteiger partial charge is 0.248 e. The zero-order valence-electron chi connectivity index (χ0n) is 9.61. The van der Waals surface area contributed by atoms with E-state index in [1.54, 1.807) is 19.1 Å². The summed E-state index contributed by atoms with van der Waals surface area (Å²) in [4.78, 5) is 16.4. The van der Waals surface area contributed by atoms with Gasteiger partial charge in [-0.25, -0.2) is 4.39 Å². The topological polar surface area (TPSA) is 70.7 Å². The third-order valence-corrected chi connectivity index (χ3v) is 3.04. The second-order valence-corrected chi connectivity index (χ2v) is 4.58. The van der Waals surface area contributed by atoms with Crippen LogP contribution in [0.4, 0.5) is 10.3 Å². The number of halogens is 1. The minimum absolute atomic E-state index is 0.205. The normalized spacial score (nSPS) is 10.3. The second-order valence-electron chi connectivity index (χ2n) is 3.54. The molecule has 94 valence electrons. The van der Waals surface area contributed by atoms with Crippen LogP contribution in [0.2, 0.25) is 0 Å². The Bertz CT molecular complexity index is 540. The van der Waals surface area contributed by atoms with Crippen LogP contribution in [0.15, 0.2) is 29.2 Å². The summed E-state index contributed by atoms with van der Waals surface area (Å²) in [7, 11) is 0. The highest BCUT2D eigenvalue weighted by atomic mass is 32.2. The SMILES string of the molecule is Cc1nc(NC(=O)CSc2ccc(F)cc2)n[nH]1. The lowest BCUT2D eigenvalue weighted by Gasteiger charge is -2.01. The standard InChI is InChI=1S/C11H11FN4OS/c1-7-13-11(16-15-7)14-10(17)6-18-9-4-2-8(12)3-5-9/h2-5H,6H2,1H3,(H2,13,14,15,16,17). The van der Waals surface area contributed by atoms with Crippen LogP contribution in [-0.2, 0) is 4.79 Å². The summed E-state index contributed by atoms with van der Waals surface area (Å²) in [5.74, 6) is 0.621. The average molecular weight is 266 g/mol. The summed E-state index contributed by atoms with van der Waals surface area (Å²) in [6.45, 7) is 1.75. The van der Waals surface area contributed by atoms with Crippen molar-refractivity contribution in [3.8, 4) is 0 Å². The van der Waals surface area contributed by atoms with Crippen LogP contribution >= 0.6 is 11.8 Å². The summed E-state index contributed by atoms with van der Waals surface area (Å²) in [6.07, 6.45) is 0. The molecule has 1 heterocycles. The number of thioether (sulfide) groups is 1. The Balaban J connectivity index is 1.83. The first-order valence-corrected chi connectivity index (χ1v) is 6.19. The molecule has 2 N–H and O–H groups in total. The zero-order valence-corrected chi connectivity index (χ0v) is 10.4. The lowest BCUT2D eigenvalue weighted by molar-refractivity contribution is -0.113. The van der Waals surface area contributed by atoms with Crippen LogP contribution in [0.3, 0.4) is 0 Å². The highest BCUT2D eigenvalue weighted by molar-refractivity contribution is 8.00. The number of anilines is 1. The Morgan fingerprint density at radius 3 is 2.78 bits per heavy atom. The number of benzene rings is 1. The molecule has 0 saturated heterocycles.